The molecule has 0 aliphatic heterocycles. The zero-order valence-electron chi connectivity index (χ0n) is 11.9. The van der Waals surface area contributed by atoms with Crippen molar-refractivity contribution in [2.45, 2.75) is 34.1 Å². The second-order valence-corrected chi connectivity index (χ2v) is 4.68. The summed E-state index contributed by atoms with van der Waals surface area (Å²) in [6.45, 7) is 10.6. The zero-order chi connectivity index (χ0) is 13.5. The van der Waals surface area contributed by atoms with Crippen LogP contribution in [-0.4, -0.2) is 30.4 Å². The van der Waals surface area contributed by atoms with Gasteiger partial charge in [0.15, 0.2) is 0 Å². The molecule has 0 atom stereocenters. The fraction of sp³-hybridized carbons (Fsp3) is 0.533. The Morgan fingerprint density at radius 1 is 1.22 bits per heavy atom. The topological polar surface area (TPSA) is 32.3 Å². The van der Waals surface area contributed by atoms with Crippen molar-refractivity contribution in [2.24, 2.45) is 0 Å². The third-order valence-electron chi connectivity index (χ3n) is 3.10. The number of rotatable bonds is 6. The lowest BCUT2D eigenvalue weighted by atomic mass is 10.1. The summed E-state index contributed by atoms with van der Waals surface area (Å²) in [4.78, 5) is 14.2. The summed E-state index contributed by atoms with van der Waals surface area (Å²) in [5, 5.41) is 3.02. The number of carbonyl (C=O) groups is 1. The quantitative estimate of drug-likeness (QED) is 0.839. The van der Waals surface area contributed by atoms with Gasteiger partial charge in [0.2, 0.25) is 5.91 Å². The standard InChI is InChI=1S/C15H24N2O/c1-5-10-17(6-2)11-14(18)16-15-12(3)8-7-9-13(15)4/h7-9H,5-6,10-11H2,1-4H3,(H,16,18). The molecule has 1 aromatic rings. The van der Waals surface area contributed by atoms with Gasteiger partial charge in [0.05, 0.1) is 6.54 Å². The Balaban J connectivity index is 2.64. The highest BCUT2D eigenvalue weighted by atomic mass is 16.2. The first-order valence-electron chi connectivity index (χ1n) is 6.66. The molecule has 1 N–H and O–H groups in total. The van der Waals surface area contributed by atoms with E-state index in [9.17, 15) is 4.79 Å². The van der Waals surface area contributed by atoms with Gasteiger partial charge in [0.1, 0.15) is 0 Å². The van der Waals surface area contributed by atoms with Gasteiger partial charge < -0.3 is 5.32 Å². The number of para-hydroxylation sites is 1. The Bertz CT molecular complexity index is 381. The van der Waals surface area contributed by atoms with Crippen molar-refractivity contribution in [2.75, 3.05) is 25.0 Å². The summed E-state index contributed by atoms with van der Waals surface area (Å²) in [7, 11) is 0. The van der Waals surface area contributed by atoms with E-state index in [1.54, 1.807) is 0 Å². The Morgan fingerprint density at radius 3 is 2.33 bits per heavy atom. The maximum absolute atomic E-state index is 12.0. The largest absolute Gasteiger partial charge is 0.324 e. The van der Waals surface area contributed by atoms with Gasteiger partial charge in [-0.15, -0.1) is 0 Å². The highest BCUT2D eigenvalue weighted by molar-refractivity contribution is 5.93. The van der Waals surface area contributed by atoms with Crippen LogP contribution in [0, 0.1) is 13.8 Å². The number of amides is 1. The van der Waals surface area contributed by atoms with E-state index in [-0.39, 0.29) is 5.91 Å². The van der Waals surface area contributed by atoms with Crippen molar-refractivity contribution in [3.8, 4) is 0 Å². The van der Waals surface area contributed by atoms with Gasteiger partial charge in [-0.2, -0.15) is 0 Å². The number of anilines is 1. The fourth-order valence-corrected chi connectivity index (χ4v) is 2.06. The molecule has 0 aromatic heterocycles. The number of hydrogen-bond donors (Lipinski definition) is 1. The van der Waals surface area contributed by atoms with Gasteiger partial charge in [-0.1, -0.05) is 32.0 Å². The smallest absolute Gasteiger partial charge is 0.238 e. The van der Waals surface area contributed by atoms with Gasteiger partial charge in [-0.25, -0.2) is 0 Å². The monoisotopic (exact) mass is 248 g/mol. The lowest BCUT2D eigenvalue weighted by Gasteiger charge is -2.19. The maximum atomic E-state index is 12.0. The van der Waals surface area contributed by atoms with E-state index in [1.165, 1.54) is 0 Å². The zero-order valence-corrected chi connectivity index (χ0v) is 11.9. The van der Waals surface area contributed by atoms with Crippen LogP contribution in [0.4, 0.5) is 5.69 Å². The second kappa shape index (κ2) is 7.17. The summed E-state index contributed by atoms with van der Waals surface area (Å²) >= 11 is 0. The second-order valence-electron chi connectivity index (χ2n) is 4.68. The van der Waals surface area contributed by atoms with Gasteiger partial charge in [0.25, 0.3) is 0 Å². The van der Waals surface area contributed by atoms with E-state index in [0.29, 0.717) is 6.54 Å². The van der Waals surface area contributed by atoms with Crippen molar-refractivity contribution in [1.29, 1.82) is 0 Å². The van der Waals surface area contributed by atoms with Gasteiger partial charge in [-0.05, 0) is 44.5 Å². The van der Waals surface area contributed by atoms with E-state index in [0.717, 1.165) is 36.3 Å². The molecular formula is C15H24N2O. The van der Waals surface area contributed by atoms with Crippen LogP contribution in [-0.2, 0) is 4.79 Å². The first-order valence-corrected chi connectivity index (χ1v) is 6.66. The normalized spacial score (nSPS) is 10.7. The molecule has 1 amide bonds. The highest BCUT2D eigenvalue weighted by Gasteiger charge is 2.10. The van der Waals surface area contributed by atoms with Crippen LogP contribution < -0.4 is 5.32 Å². The lowest BCUT2D eigenvalue weighted by Crippen LogP contribution is -2.33. The molecule has 100 valence electrons. The molecule has 0 bridgehead atoms. The molecule has 0 unspecified atom stereocenters. The Kier molecular flexibility index (Phi) is 5.86. The number of benzene rings is 1. The fourth-order valence-electron chi connectivity index (χ4n) is 2.06. The minimum atomic E-state index is 0.0719. The lowest BCUT2D eigenvalue weighted by molar-refractivity contribution is -0.117. The maximum Gasteiger partial charge on any atom is 0.238 e. The van der Waals surface area contributed by atoms with E-state index >= 15 is 0 Å². The molecule has 0 heterocycles. The molecule has 18 heavy (non-hydrogen) atoms. The van der Waals surface area contributed by atoms with Crippen LogP contribution in [0.1, 0.15) is 31.4 Å². The number of carbonyl (C=O) groups excluding carboxylic acids is 1. The van der Waals surface area contributed by atoms with Crippen LogP contribution in [0.15, 0.2) is 18.2 Å². The predicted octanol–water partition coefficient (Wildman–Crippen LogP) is 2.97. The summed E-state index contributed by atoms with van der Waals surface area (Å²) in [6.07, 6.45) is 1.07. The molecule has 0 aliphatic carbocycles. The number of nitrogens with zero attached hydrogens (tertiary/aromatic N) is 1. The van der Waals surface area contributed by atoms with Crippen molar-refractivity contribution in [1.82, 2.24) is 4.90 Å². The van der Waals surface area contributed by atoms with Gasteiger partial charge >= 0.3 is 0 Å². The molecule has 0 aliphatic rings. The van der Waals surface area contributed by atoms with Crippen LogP contribution >= 0.6 is 0 Å². The first kappa shape index (κ1) is 14.7. The van der Waals surface area contributed by atoms with Crippen molar-refractivity contribution >= 4 is 11.6 Å². The number of likely N-dealkylation sites (N-methyl/N-ethyl adjacent to an activating group) is 1. The van der Waals surface area contributed by atoms with Crippen molar-refractivity contribution < 1.29 is 4.79 Å². The summed E-state index contributed by atoms with van der Waals surface area (Å²) < 4.78 is 0. The first-order chi connectivity index (χ1) is 8.58. The SMILES string of the molecule is CCCN(CC)CC(=O)Nc1c(C)cccc1C. The molecule has 0 radical (unpaired) electrons. The molecular weight excluding hydrogens is 224 g/mol. The molecule has 1 rings (SSSR count). The van der Waals surface area contributed by atoms with Crippen LogP contribution in [0.3, 0.4) is 0 Å². The third-order valence-corrected chi connectivity index (χ3v) is 3.10. The number of hydrogen-bond acceptors (Lipinski definition) is 2. The molecule has 0 saturated heterocycles. The molecule has 0 spiro atoms. The Hall–Kier alpha value is -1.35. The summed E-state index contributed by atoms with van der Waals surface area (Å²) in [5.41, 5.74) is 3.18. The predicted molar refractivity (Wildman–Crippen MR) is 77.0 cm³/mol. The van der Waals surface area contributed by atoms with Crippen LogP contribution in [0.2, 0.25) is 0 Å². The highest BCUT2D eigenvalue weighted by Crippen LogP contribution is 2.19. The molecule has 3 heteroatoms. The minimum absolute atomic E-state index is 0.0719. The van der Waals surface area contributed by atoms with E-state index in [2.05, 4.69) is 24.1 Å². The van der Waals surface area contributed by atoms with E-state index in [1.807, 2.05) is 32.0 Å². The van der Waals surface area contributed by atoms with E-state index < -0.39 is 0 Å². The molecule has 0 fully saturated rings. The number of nitrogens with one attached hydrogen (secondary N) is 1. The van der Waals surface area contributed by atoms with Gasteiger partial charge in [-0.3, -0.25) is 9.69 Å². The molecule has 1 aromatic carbocycles. The number of aryl methyl sites for hydroxylation is 2. The molecule has 0 saturated carbocycles. The average molecular weight is 248 g/mol. The Morgan fingerprint density at radius 2 is 1.83 bits per heavy atom. The molecule has 3 nitrogen and oxygen atoms in total. The van der Waals surface area contributed by atoms with E-state index in [4.69, 9.17) is 0 Å². The summed E-state index contributed by atoms with van der Waals surface area (Å²) in [5.74, 6) is 0.0719. The summed E-state index contributed by atoms with van der Waals surface area (Å²) in [6, 6.07) is 6.05. The van der Waals surface area contributed by atoms with Gasteiger partial charge in [0, 0.05) is 5.69 Å². The Labute approximate surface area is 110 Å². The van der Waals surface area contributed by atoms with Crippen molar-refractivity contribution in [3.63, 3.8) is 0 Å². The van der Waals surface area contributed by atoms with Crippen molar-refractivity contribution in [3.05, 3.63) is 29.3 Å². The van der Waals surface area contributed by atoms with Crippen LogP contribution in [0.5, 0.6) is 0 Å². The minimum Gasteiger partial charge on any atom is -0.324 e. The third kappa shape index (κ3) is 4.15. The average Bonchev–Trinajstić information content (AvgIpc) is 2.33. The van der Waals surface area contributed by atoms with Crippen LogP contribution in [0.25, 0.3) is 0 Å².